The predicted molar refractivity (Wildman–Crippen MR) is 120 cm³/mol. The lowest BCUT2D eigenvalue weighted by Crippen LogP contribution is -2.31. The summed E-state index contributed by atoms with van der Waals surface area (Å²) in [6.07, 6.45) is 4.63. The molecule has 0 radical (unpaired) electrons. The number of nitrogens with zero attached hydrogens (tertiary/aromatic N) is 2. The summed E-state index contributed by atoms with van der Waals surface area (Å²) in [5.41, 5.74) is 0.886. The minimum absolute atomic E-state index is 0.00905. The predicted octanol–water partition coefficient (Wildman–Crippen LogP) is 4.86. The number of anilines is 1. The molecule has 2 heterocycles. The van der Waals surface area contributed by atoms with Crippen molar-refractivity contribution >= 4 is 54.2 Å². The van der Waals surface area contributed by atoms with E-state index >= 15 is 0 Å². The maximum atomic E-state index is 13.5. The van der Waals surface area contributed by atoms with E-state index in [2.05, 4.69) is 4.98 Å². The second-order valence-corrected chi connectivity index (χ2v) is 10.4. The Morgan fingerprint density at radius 2 is 1.97 bits per heavy atom. The van der Waals surface area contributed by atoms with Crippen LogP contribution in [-0.2, 0) is 16.4 Å². The first-order chi connectivity index (χ1) is 14.4. The second kappa shape index (κ2) is 8.25. The molecule has 0 aliphatic carbocycles. The van der Waals surface area contributed by atoms with Gasteiger partial charge in [-0.1, -0.05) is 23.5 Å². The van der Waals surface area contributed by atoms with E-state index in [1.54, 1.807) is 36.0 Å². The molecule has 0 bridgehead atoms. The number of furan rings is 1. The van der Waals surface area contributed by atoms with E-state index in [4.69, 9.17) is 4.42 Å². The van der Waals surface area contributed by atoms with Crippen molar-refractivity contribution < 1.29 is 17.6 Å². The standard InChI is InChI=1S/C21H18N2O4S3/c1-28-15-9-10-17-18(12-15)29-21(22-17)23(13-14-6-5-11-27-14)20(24)16-7-3-4-8-19(16)30(2,25)26/h3-12H,13H2,1-2H3. The SMILES string of the molecule is CSc1ccc2nc(N(Cc3ccco3)C(=O)c3ccccc3S(C)(=O)=O)sc2c1. The number of thiazole rings is 1. The molecule has 6 nitrogen and oxygen atoms in total. The summed E-state index contributed by atoms with van der Waals surface area (Å²) >= 11 is 3.01. The summed E-state index contributed by atoms with van der Waals surface area (Å²) in [5.74, 6) is 0.126. The Bertz CT molecular complexity index is 1310. The molecular formula is C21H18N2O4S3. The fourth-order valence-corrected chi connectivity index (χ4v) is 5.43. The highest BCUT2D eigenvalue weighted by Crippen LogP contribution is 2.33. The highest BCUT2D eigenvalue weighted by Gasteiger charge is 2.27. The highest BCUT2D eigenvalue weighted by atomic mass is 32.2. The number of amides is 1. The third kappa shape index (κ3) is 4.14. The lowest BCUT2D eigenvalue weighted by Gasteiger charge is -2.20. The van der Waals surface area contributed by atoms with E-state index in [-0.39, 0.29) is 17.0 Å². The van der Waals surface area contributed by atoms with Gasteiger partial charge in [0.1, 0.15) is 5.76 Å². The number of thioether (sulfide) groups is 1. The number of aromatic nitrogens is 1. The molecule has 0 atom stereocenters. The van der Waals surface area contributed by atoms with Gasteiger partial charge in [0, 0.05) is 11.2 Å². The van der Waals surface area contributed by atoms with Gasteiger partial charge in [-0.05, 0) is 48.7 Å². The van der Waals surface area contributed by atoms with Crippen LogP contribution < -0.4 is 4.90 Å². The van der Waals surface area contributed by atoms with Gasteiger partial charge in [0.15, 0.2) is 15.0 Å². The first kappa shape index (κ1) is 20.6. The number of hydrogen-bond donors (Lipinski definition) is 0. The molecule has 4 aromatic rings. The molecule has 2 aromatic carbocycles. The van der Waals surface area contributed by atoms with Crippen LogP contribution in [-0.4, -0.2) is 31.8 Å². The summed E-state index contributed by atoms with van der Waals surface area (Å²) in [7, 11) is -3.58. The largest absolute Gasteiger partial charge is 0.467 e. The van der Waals surface area contributed by atoms with E-state index in [0.29, 0.717) is 10.9 Å². The smallest absolute Gasteiger partial charge is 0.261 e. The summed E-state index contributed by atoms with van der Waals surface area (Å²) in [6, 6.07) is 15.6. The number of fused-ring (bicyclic) bond motifs is 1. The Balaban J connectivity index is 1.82. The zero-order chi connectivity index (χ0) is 21.3. The maximum Gasteiger partial charge on any atom is 0.261 e. The molecule has 0 fully saturated rings. The number of sulfone groups is 1. The minimum Gasteiger partial charge on any atom is -0.467 e. The van der Waals surface area contributed by atoms with Crippen LogP contribution in [0.4, 0.5) is 5.13 Å². The molecule has 1 amide bonds. The Morgan fingerprint density at radius 1 is 1.17 bits per heavy atom. The van der Waals surface area contributed by atoms with Gasteiger partial charge < -0.3 is 4.42 Å². The molecule has 0 saturated carbocycles. The molecule has 0 aliphatic heterocycles. The van der Waals surface area contributed by atoms with Crippen LogP contribution in [0.25, 0.3) is 10.2 Å². The average molecular weight is 459 g/mol. The van der Waals surface area contributed by atoms with Crippen LogP contribution in [0.3, 0.4) is 0 Å². The van der Waals surface area contributed by atoms with Crippen LogP contribution in [0.15, 0.2) is 75.1 Å². The van der Waals surface area contributed by atoms with E-state index in [0.717, 1.165) is 21.4 Å². The number of carbonyl (C=O) groups excluding carboxylic acids is 1. The lowest BCUT2D eigenvalue weighted by molar-refractivity contribution is 0.0980. The fraction of sp³-hybridized carbons (Fsp3) is 0.143. The van der Waals surface area contributed by atoms with Crippen LogP contribution in [0.1, 0.15) is 16.1 Å². The topological polar surface area (TPSA) is 80.5 Å². The van der Waals surface area contributed by atoms with Crippen molar-refractivity contribution in [2.45, 2.75) is 16.3 Å². The van der Waals surface area contributed by atoms with Crippen molar-refractivity contribution in [3.05, 3.63) is 72.2 Å². The lowest BCUT2D eigenvalue weighted by atomic mass is 10.2. The van der Waals surface area contributed by atoms with Crippen molar-refractivity contribution in [3.8, 4) is 0 Å². The molecule has 2 aromatic heterocycles. The van der Waals surface area contributed by atoms with E-state index in [9.17, 15) is 13.2 Å². The van der Waals surface area contributed by atoms with Crippen LogP contribution in [0.5, 0.6) is 0 Å². The summed E-state index contributed by atoms with van der Waals surface area (Å²) in [4.78, 5) is 20.7. The van der Waals surface area contributed by atoms with Gasteiger partial charge in [-0.3, -0.25) is 9.69 Å². The van der Waals surface area contributed by atoms with Gasteiger partial charge in [-0.15, -0.1) is 11.8 Å². The molecule has 0 saturated heterocycles. The molecule has 154 valence electrons. The summed E-state index contributed by atoms with van der Waals surface area (Å²) < 4.78 is 30.9. The van der Waals surface area contributed by atoms with E-state index < -0.39 is 15.7 Å². The molecular weight excluding hydrogens is 440 g/mol. The molecule has 4 rings (SSSR count). The van der Waals surface area contributed by atoms with E-state index in [1.165, 1.54) is 34.6 Å². The van der Waals surface area contributed by atoms with E-state index in [1.807, 2.05) is 24.5 Å². The van der Waals surface area contributed by atoms with Crippen molar-refractivity contribution in [2.24, 2.45) is 0 Å². The van der Waals surface area contributed by atoms with Crippen molar-refractivity contribution in [1.82, 2.24) is 4.98 Å². The second-order valence-electron chi connectivity index (χ2n) is 6.57. The van der Waals surface area contributed by atoms with Gasteiger partial charge in [-0.25, -0.2) is 13.4 Å². The van der Waals surface area contributed by atoms with Crippen molar-refractivity contribution in [3.63, 3.8) is 0 Å². The van der Waals surface area contributed by atoms with Crippen LogP contribution in [0, 0.1) is 0 Å². The number of benzene rings is 2. The normalized spacial score (nSPS) is 11.7. The highest BCUT2D eigenvalue weighted by molar-refractivity contribution is 7.98. The quantitative estimate of drug-likeness (QED) is 0.384. The first-order valence-corrected chi connectivity index (χ1v) is 12.9. The number of rotatable bonds is 6. The summed E-state index contributed by atoms with van der Waals surface area (Å²) in [5, 5.41) is 0.480. The molecule has 0 spiro atoms. The van der Waals surface area contributed by atoms with Gasteiger partial charge in [-0.2, -0.15) is 0 Å². The van der Waals surface area contributed by atoms with Gasteiger partial charge >= 0.3 is 0 Å². The molecule has 30 heavy (non-hydrogen) atoms. The van der Waals surface area contributed by atoms with Gasteiger partial charge in [0.25, 0.3) is 5.91 Å². The van der Waals surface area contributed by atoms with Crippen molar-refractivity contribution in [2.75, 3.05) is 17.4 Å². The minimum atomic E-state index is -3.58. The monoisotopic (exact) mass is 458 g/mol. The fourth-order valence-electron chi connectivity index (χ4n) is 3.03. The molecule has 0 N–H and O–H groups in total. The third-order valence-corrected chi connectivity index (χ3v) is 7.39. The summed E-state index contributed by atoms with van der Waals surface area (Å²) in [6.45, 7) is 0.138. The molecule has 9 heteroatoms. The van der Waals surface area contributed by atoms with Gasteiger partial charge in [0.05, 0.1) is 33.5 Å². The Hall–Kier alpha value is -2.62. The van der Waals surface area contributed by atoms with Crippen LogP contribution in [0.2, 0.25) is 0 Å². The Morgan fingerprint density at radius 3 is 2.67 bits per heavy atom. The maximum absolute atomic E-state index is 13.5. The Kier molecular flexibility index (Phi) is 5.68. The third-order valence-electron chi connectivity index (χ3n) is 4.47. The molecule has 0 unspecified atom stereocenters. The number of hydrogen-bond acceptors (Lipinski definition) is 7. The van der Waals surface area contributed by atoms with Crippen molar-refractivity contribution in [1.29, 1.82) is 0 Å². The average Bonchev–Trinajstić information content (AvgIpc) is 3.39. The Labute approximate surface area is 182 Å². The number of carbonyl (C=O) groups is 1. The van der Waals surface area contributed by atoms with Crippen LogP contribution >= 0.6 is 23.1 Å². The first-order valence-electron chi connectivity index (χ1n) is 8.95. The zero-order valence-corrected chi connectivity index (χ0v) is 18.7. The van der Waals surface area contributed by atoms with Gasteiger partial charge in [0.2, 0.25) is 0 Å². The zero-order valence-electron chi connectivity index (χ0n) is 16.2. The molecule has 0 aliphatic rings.